The molecule has 1 saturated heterocycles. The van der Waals surface area contributed by atoms with Crippen LogP contribution in [0.4, 0.5) is 20.4 Å². The van der Waals surface area contributed by atoms with E-state index in [-0.39, 0.29) is 17.7 Å². The van der Waals surface area contributed by atoms with Gasteiger partial charge in [0.05, 0.1) is 34.9 Å². The molecular weight excluding hydrogens is 486 g/mol. The van der Waals surface area contributed by atoms with E-state index in [1.165, 1.54) is 9.36 Å². The van der Waals surface area contributed by atoms with Crippen LogP contribution < -0.4 is 10.1 Å². The number of anilines is 2. The van der Waals surface area contributed by atoms with Crippen molar-refractivity contribution in [2.75, 3.05) is 25.5 Å². The molecule has 5 heterocycles. The highest BCUT2D eigenvalue weighted by Crippen LogP contribution is 2.33. The summed E-state index contributed by atoms with van der Waals surface area (Å²) in [7, 11) is 3.42. The van der Waals surface area contributed by atoms with E-state index in [9.17, 15) is 13.6 Å². The Morgan fingerprint density at radius 1 is 1.16 bits per heavy atom. The first-order valence-corrected chi connectivity index (χ1v) is 11.4. The number of alkyl halides is 2. The first-order chi connectivity index (χ1) is 17.7. The van der Waals surface area contributed by atoms with Crippen LogP contribution in [0.15, 0.2) is 42.9 Å². The molecule has 0 spiro atoms. The fourth-order valence-corrected chi connectivity index (χ4v) is 4.07. The average Bonchev–Trinajstić information content (AvgIpc) is 3.59. The Labute approximate surface area is 210 Å². The second-order valence-electron chi connectivity index (χ2n) is 8.85. The molecule has 12 nitrogen and oxygen atoms in total. The van der Waals surface area contributed by atoms with Gasteiger partial charge in [0.1, 0.15) is 5.69 Å². The van der Waals surface area contributed by atoms with Gasteiger partial charge in [-0.1, -0.05) is 11.3 Å². The molecule has 0 unspecified atom stereocenters. The van der Waals surface area contributed by atoms with Gasteiger partial charge >= 0.3 is 0 Å². The van der Waals surface area contributed by atoms with Crippen molar-refractivity contribution in [2.24, 2.45) is 7.05 Å². The standard InChI is InChI=1S/C23H24F2N10O2/c1-23(8-10-33(2)21(23)36)17-12-35(32-30-17)19-6-4-5-14(27-19)15-7-9-26-22(28-15)29-16-11-34(3)31-20(16)37-13-18(24)25/h4-7,9,11-12,18H,8,10,13H2,1-3H3,(H,26,28,29)/t23-/m1/s1. The molecule has 1 atom stereocenters. The van der Waals surface area contributed by atoms with Crippen molar-refractivity contribution >= 4 is 17.5 Å². The van der Waals surface area contributed by atoms with Crippen LogP contribution in [-0.4, -0.2) is 77.2 Å². The molecule has 14 heteroatoms. The molecule has 1 aliphatic heterocycles. The Kier molecular flexibility index (Phi) is 6.23. The van der Waals surface area contributed by atoms with Crippen LogP contribution >= 0.6 is 0 Å². The normalized spacial score (nSPS) is 17.6. The molecule has 0 aliphatic carbocycles. The summed E-state index contributed by atoms with van der Waals surface area (Å²) < 4.78 is 33.2. The van der Waals surface area contributed by atoms with Crippen molar-refractivity contribution in [1.82, 2.24) is 44.6 Å². The number of hydrogen-bond donors (Lipinski definition) is 1. The number of carbonyl (C=O) groups is 1. The molecule has 4 aromatic heterocycles. The number of ether oxygens (including phenoxy) is 1. The van der Waals surface area contributed by atoms with Gasteiger partial charge in [0.25, 0.3) is 12.3 Å². The molecule has 37 heavy (non-hydrogen) atoms. The smallest absolute Gasteiger partial charge is 0.272 e. The van der Waals surface area contributed by atoms with Gasteiger partial charge in [-0.25, -0.2) is 28.4 Å². The van der Waals surface area contributed by atoms with Gasteiger partial charge in [-0.05, 0) is 31.5 Å². The molecule has 4 aromatic rings. The summed E-state index contributed by atoms with van der Waals surface area (Å²) in [4.78, 5) is 27.7. The highest BCUT2D eigenvalue weighted by atomic mass is 19.3. The number of likely N-dealkylation sites (tertiary alicyclic amines) is 1. The first-order valence-electron chi connectivity index (χ1n) is 11.4. The Bertz CT molecular complexity index is 1440. The molecule has 0 bridgehead atoms. The van der Waals surface area contributed by atoms with E-state index in [0.29, 0.717) is 41.6 Å². The van der Waals surface area contributed by atoms with E-state index in [4.69, 9.17) is 4.74 Å². The summed E-state index contributed by atoms with van der Waals surface area (Å²) >= 11 is 0. The molecule has 0 radical (unpaired) electrons. The number of carbonyl (C=O) groups excluding carboxylic acids is 1. The fourth-order valence-electron chi connectivity index (χ4n) is 4.07. The highest BCUT2D eigenvalue weighted by molar-refractivity contribution is 5.89. The molecule has 192 valence electrons. The Morgan fingerprint density at radius 2 is 1.97 bits per heavy atom. The SMILES string of the molecule is CN1CC[C@](C)(c2cn(-c3cccc(-c4ccnc(Nc5cn(C)nc5OCC(F)F)n4)n3)nn2)C1=O. The number of aryl methyl sites for hydroxylation is 1. The maximum Gasteiger partial charge on any atom is 0.272 e. The second kappa shape index (κ2) is 9.52. The molecule has 1 aliphatic rings. The van der Waals surface area contributed by atoms with E-state index in [1.54, 1.807) is 55.8 Å². The third kappa shape index (κ3) is 4.81. The monoisotopic (exact) mass is 510 g/mol. The predicted octanol–water partition coefficient (Wildman–Crippen LogP) is 2.36. The van der Waals surface area contributed by atoms with Crippen LogP contribution in [0.3, 0.4) is 0 Å². The van der Waals surface area contributed by atoms with Gasteiger partial charge in [-0.15, -0.1) is 10.2 Å². The lowest BCUT2D eigenvalue weighted by atomic mass is 9.86. The van der Waals surface area contributed by atoms with Crippen LogP contribution in [0.1, 0.15) is 19.0 Å². The minimum atomic E-state index is -2.63. The third-order valence-electron chi connectivity index (χ3n) is 6.10. The van der Waals surface area contributed by atoms with Crippen molar-refractivity contribution < 1.29 is 18.3 Å². The minimum absolute atomic E-state index is 0.0126. The van der Waals surface area contributed by atoms with Crippen molar-refractivity contribution in [1.29, 1.82) is 0 Å². The van der Waals surface area contributed by atoms with E-state index in [2.05, 4.69) is 35.7 Å². The minimum Gasteiger partial charge on any atom is -0.469 e. The van der Waals surface area contributed by atoms with Crippen molar-refractivity contribution in [3.05, 3.63) is 48.5 Å². The third-order valence-corrected chi connectivity index (χ3v) is 6.10. The number of amides is 1. The van der Waals surface area contributed by atoms with Gasteiger partial charge in [-0.2, -0.15) is 0 Å². The number of pyridine rings is 1. The molecule has 1 N–H and O–H groups in total. The van der Waals surface area contributed by atoms with Gasteiger partial charge in [0, 0.05) is 26.8 Å². The van der Waals surface area contributed by atoms with Crippen LogP contribution in [0.2, 0.25) is 0 Å². The van der Waals surface area contributed by atoms with E-state index >= 15 is 0 Å². The fraction of sp³-hybridized carbons (Fsp3) is 0.348. The summed E-state index contributed by atoms with van der Waals surface area (Å²) in [5, 5.41) is 15.4. The number of nitrogens with one attached hydrogen (secondary N) is 1. The maximum absolute atomic E-state index is 12.6. The molecular formula is C23H24F2N10O2. The van der Waals surface area contributed by atoms with Gasteiger partial charge < -0.3 is 15.0 Å². The number of likely N-dealkylation sites (N-methyl/N-ethyl adjacent to an activating group) is 1. The second-order valence-corrected chi connectivity index (χ2v) is 8.85. The first kappa shape index (κ1) is 24.2. The highest BCUT2D eigenvalue weighted by Gasteiger charge is 2.44. The lowest BCUT2D eigenvalue weighted by Crippen LogP contribution is -2.33. The Balaban J connectivity index is 1.38. The summed E-state index contributed by atoms with van der Waals surface area (Å²) in [6.45, 7) is 1.76. The summed E-state index contributed by atoms with van der Waals surface area (Å²) in [6, 6.07) is 7.05. The zero-order valence-electron chi connectivity index (χ0n) is 20.3. The van der Waals surface area contributed by atoms with E-state index in [1.807, 2.05) is 13.0 Å². The Hall–Kier alpha value is -4.49. The van der Waals surface area contributed by atoms with Crippen LogP contribution in [0.25, 0.3) is 17.2 Å². The molecule has 5 rings (SSSR count). The number of rotatable bonds is 8. The lowest BCUT2D eigenvalue weighted by molar-refractivity contribution is -0.131. The lowest BCUT2D eigenvalue weighted by Gasteiger charge is -2.18. The quantitative estimate of drug-likeness (QED) is 0.380. The van der Waals surface area contributed by atoms with Crippen LogP contribution in [0.5, 0.6) is 5.88 Å². The van der Waals surface area contributed by atoms with Crippen molar-refractivity contribution in [3.8, 4) is 23.1 Å². The molecule has 0 aromatic carbocycles. The number of halogens is 2. The van der Waals surface area contributed by atoms with Gasteiger partial charge in [0.2, 0.25) is 11.9 Å². The van der Waals surface area contributed by atoms with E-state index in [0.717, 1.165) is 0 Å². The van der Waals surface area contributed by atoms with E-state index < -0.39 is 18.4 Å². The number of hydrogen-bond acceptors (Lipinski definition) is 9. The molecule has 1 fully saturated rings. The topological polar surface area (TPSA) is 129 Å². The van der Waals surface area contributed by atoms with Gasteiger partial charge in [0.15, 0.2) is 12.4 Å². The summed E-state index contributed by atoms with van der Waals surface area (Å²) in [5.41, 5.74) is 1.27. The zero-order valence-corrected chi connectivity index (χ0v) is 20.3. The number of nitrogens with zero attached hydrogens (tertiary/aromatic N) is 9. The summed E-state index contributed by atoms with van der Waals surface area (Å²) in [6.07, 6.45) is 2.88. The molecule has 0 saturated carbocycles. The predicted molar refractivity (Wildman–Crippen MR) is 128 cm³/mol. The molecule has 1 amide bonds. The largest absolute Gasteiger partial charge is 0.469 e. The Morgan fingerprint density at radius 3 is 2.73 bits per heavy atom. The van der Waals surface area contributed by atoms with Gasteiger partial charge in [-0.3, -0.25) is 9.48 Å². The van der Waals surface area contributed by atoms with Crippen molar-refractivity contribution in [3.63, 3.8) is 0 Å². The van der Waals surface area contributed by atoms with Crippen LogP contribution in [0, 0.1) is 0 Å². The maximum atomic E-state index is 12.6. The van der Waals surface area contributed by atoms with Crippen LogP contribution in [-0.2, 0) is 17.3 Å². The zero-order chi connectivity index (χ0) is 26.2. The average molecular weight is 511 g/mol. The van der Waals surface area contributed by atoms with Crippen molar-refractivity contribution in [2.45, 2.75) is 25.2 Å². The number of aromatic nitrogens is 8. The summed E-state index contributed by atoms with van der Waals surface area (Å²) in [5.74, 6) is 0.736.